The number of aliphatic hydroxyl groups excluding tert-OH is 1. The van der Waals surface area contributed by atoms with Gasteiger partial charge >= 0.3 is 0 Å². The quantitative estimate of drug-likeness (QED) is 0.625. The van der Waals surface area contributed by atoms with E-state index in [9.17, 15) is 18.5 Å². The highest BCUT2D eigenvalue weighted by Gasteiger charge is 2.31. The lowest BCUT2D eigenvalue weighted by molar-refractivity contribution is -0.385. The van der Waals surface area contributed by atoms with Crippen molar-refractivity contribution in [3.8, 4) is 0 Å². The lowest BCUT2D eigenvalue weighted by Crippen LogP contribution is -2.46. The molecule has 7 nitrogen and oxygen atoms in total. The van der Waals surface area contributed by atoms with E-state index in [-0.39, 0.29) is 16.6 Å². The van der Waals surface area contributed by atoms with Gasteiger partial charge in [0, 0.05) is 17.7 Å². The highest BCUT2D eigenvalue weighted by atomic mass is 32.2. The van der Waals surface area contributed by atoms with E-state index < -0.39 is 21.1 Å². The summed E-state index contributed by atoms with van der Waals surface area (Å²) >= 11 is 0. The van der Waals surface area contributed by atoms with Gasteiger partial charge in [0.05, 0.1) is 15.9 Å². The van der Waals surface area contributed by atoms with Gasteiger partial charge in [0.25, 0.3) is 5.69 Å². The van der Waals surface area contributed by atoms with E-state index in [1.54, 1.807) is 6.92 Å². The Kier molecular flexibility index (Phi) is 3.57. The summed E-state index contributed by atoms with van der Waals surface area (Å²) in [4.78, 5) is 10.0. The summed E-state index contributed by atoms with van der Waals surface area (Å²) in [6, 6.07) is 3.48. The molecule has 104 valence electrons. The summed E-state index contributed by atoms with van der Waals surface area (Å²) in [5.74, 6) is 0. The van der Waals surface area contributed by atoms with Crippen LogP contribution in [0.5, 0.6) is 0 Å². The Morgan fingerprint density at radius 3 is 2.58 bits per heavy atom. The van der Waals surface area contributed by atoms with Gasteiger partial charge in [-0.15, -0.1) is 0 Å². The molecule has 1 aromatic rings. The Bertz CT molecular complexity index is 608. The first-order chi connectivity index (χ1) is 8.79. The molecule has 1 aliphatic carbocycles. The lowest BCUT2D eigenvalue weighted by Gasteiger charge is -2.31. The third kappa shape index (κ3) is 2.91. The molecule has 0 aliphatic heterocycles. The molecule has 1 aliphatic rings. The van der Waals surface area contributed by atoms with E-state index in [1.165, 1.54) is 12.1 Å². The topological polar surface area (TPSA) is 110 Å². The molecule has 2 N–H and O–H groups in total. The molecule has 19 heavy (non-hydrogen) atoms. The number of hydrogen-bond acceptors (Lipinski definition) is 5. The largest absolute Gasteiger partial charge is 0.393 e. The zero-order valence-electron chi connectivity index (χ0n) is 10.2. The van der Waals surface area contributed by atoms with Crippen molar-refractivity contribution in [3.63, 3.8) is 0 Å². The first-order valence-electron chi connectivity index (χ1n) is 5.75. The summed E-state index contributed by atoms with van der Waals surface area (Å²) in [6.45, 7) is 1.55. The van der Waals surface area contributed by atoms with Crippen LogP contribution in [0.25, 0.3) is 0 Å². The van der Waals surface area contributed by atoms with Gasteiger partial charge in [0.2, 0.25) is 10.0 Å². The molecule has 0 bridgehead atoms. The number of nitrogens with one attached hydrogen (secondary N) is 1. The van der Waals surface area contributed by atoms with Crippen LogP contribution in [0.3, 0.4) is 0 Å². The van der Waals surface area contributed by atoms with Crippen LogP contribution in [-0.4, -0.2) is 30.6 Å². The highest BCUT2D eigenvalue weighted by molar-refractivity contribution is 7.89. The highest BCUT2D eigenvalue weighted by Crippen LogP contribution is 2.25. The van der Waals surface area contributed by atoms with Gasteiger partial charge in [-0.25, -0.2) is 13.1 Å². The number of nitro groups is 1. The van der Waals surface area contributed by atoms with Crippen molar-refractivity contribution in [2.45, 2.75) is 36.8 Å². The number of aliphatic hydroxyl groups is 1. The van der Waals surface area contributed by atoms with Crippen molar-refractivity contribution in [1.82, 2.24) is 4.72 Å². The van der Waals surface area contributed by atoms with Gasteiger partial charge in [0.15, 0.2) is 0 Å². The predicted octanol–water partition coefficient (Wildman–Crippen LogP) is 0.705. The maximum atomic E-state index is 12.0. The molecule has 2 rings (SSSR count). The van der Waals surface area contributed by atoms with E-state index in [2.05, 4.69) is 4.72 Å². The third-order valence-electron chi connectivity index (χ3n) is 3.12. The summed E-state index contributed by atoms with van der Waals surface area (Å²) in [5, 5.41) is 19.9. The second-order valence-electron chi connectivity index (χ2n) is 4.65. The Morgan fingerprint density at radius 1 is 1.42 bits per heavy atom. The molecular weight excluding hydrogens is 272 g/mol. The van der Waals surface area contributed by atoms with Crippen LogP contribution < -0.4 is 4.72 Å². The molecule has 0 saturated heterocycles. The fraction of sp³-hybridized carbons (Fsp3) is 0.455. The van der Waals surface area contributed by atoms with E-state index in [0.29, 0.717) is 18.4 Å². The molecule has 1 saturated carbocycles. The number of nitrogens with zero attached hydrogens (tertiary/aromatic N) is 1. The van der Waals surface area contributed by atoms with E-state index in [1.807, 2.05) is 0 Å². The first kappa shape index (κ1) is 13.9. The van der Waals surface area contributed by atoms with Gasteiger partial charge in [-0.3, -0.25) is 10.1 Å². The van der Waals surface area contributed by atoms with E-state index in [4.69, 9.17) is 5.11 Å². The van der Waals surface area contributed by atoms with E-state index >= 15 is 0 Å². The Balaban J connectivity index is 2.25. The fourth-order valence-corrected chi connectivity index (χ4v) is 3.21. The van der Waals surface area contributed by atoms with Gasteiger partial charge in [0.1, 0.15) is 0 Å². The number of rotatable bonds is 4. The standard InChI is InChI=1S/C11H14N2O5S/c1-7-2-3-10(6-11(7)13(15)16)19(17,18)12-8-4-9(14)5-8/h2-3,6,8-9,12,14H,4-5H2,1H3. The molecule has 0 aromatic heterocycles. The summed E-state index contributed by atoms with van der Waals surface area (Å²) in [6.07, 6.45) is 0.264. The number of nitro benzene ring substituents is 1. The van der Waals surface area contributed by atoms with Crippen LogP contribution in [0.2, 0.25) is 0 Å². The maximum absolute atomic E-state index is 12.0. The summed E-state index contributed by atoms with van der Waals surface area (Å²) in [7, 11) is -3.78. The average Bonchev–Trinajstić information content (AvgIpc) is 2.26. The molecule has 0 unspecified atom stereocenters. The monoisotopic (exact) mass is 286 g/mol. The molecule has 0 radical (unpaired) electrons. The second-order valence-corrected chi connectivity index (χ2v) is 6.36. The van der Waals surface area contributed by atoms with Crippen molar-refractivity contribution >= 4 is 15.7 Å². The molecular formula is C11H14N2O5S. The third-order valence-corrected chi connectivity index (χ3v) is 4.64. The summed E-state index contributed by atoms with van der Waals surface area (Å²) in [5.41, 5.74) is 0.180. The smallest absolute Gasteiger partial charge is 0.273 e. The minimum Gasteiger partial charge on any atom is -0.393 e. The van der Waals surface area contributed by atoms with Gasteiger partial charge < -0.3 is 5.11 Å². The minimum absolute atomic E-state index is 0.133. The molecule has 1 aromatic carbocycles. The van der Waals surface area contributed by atoms with Crippen LogP contribution in [0.4, 0.5) is 5.69 Å². The Hall–Kier alpha value is -1.51. The first-order valence-corrected chi connectivity index (χ1v) is 7.23. The normalized spacial score (nSPS) is 22.8. The maximum Gasteiger partial charge on any atom is 0.273 e. The SMILES string of the molecule is Cc1ccc(S(=O)(=O)NC2CC(O)C2)cc1[N+](=O)[O-]. The molecule has 8 heteroatoms. The van der Waals surface area contributed by atoms with Crippen molar-refractivity contribution in [2.24, 2.45) is 0 Å². The zero-order valence-corrected chi connectivity index (χ0v) is 11.1. The number of aryl methyl sites for hydroxylation is 1. The number of benzene rings is 1. The van der Waals surface area contributed by atoms with Crippen molar-refractivity contribution < 1.29 is 18.4 Å². The number of hydrogen-bond donors (Lipinski definition) is 2. The lowest BCUT2D eigenvalue weighted by atomic mass is 9.91. The molecule has 0 heterocycles. The predicted molar refractivity (Wildman–Crippen MR) is 67.2 cm³/mol. The average molecular weight is 286 g/mol. The fourth-order valence-electron chi connectivity index (χ4n) is 1.92. The van der Waals surface area contributed by atoms with Crippen molar-refractivity contribution in [1.29, 1.82) is 0 Å². The van der Waals surface area contributed by atoms with E-state index in [0.717, 1.165) is 6.07 Å². The van der Waals surface area contributed by atoms with Gasteiger partial charge in [-0.05, 0) is 25.8 Å². The van der Waals surface area contributed by atoms with Gasteiger partial charge in [-0.1, -0.05) is 6.07 Å². The second kappa shape index (κ2) is 4.87. The van der Waals surface area contributed by atoms with Crippen LogP contribution >= 0.6 is 0 Å². The molecule has 1 fully saturated rings. The molecule has 0 amide bonds. The van der Waals surface area contributed by atoms with Crippen LogP contribution in [0, 0.1) is 17.0 Å². The summed E-state index contributed by atoms with van der Waals surface area (Å²) < 4.78 is 26.4. The molecule has 0 atom stereocenters. The minimum atomic E-state index is -3.78. The van der Waals surface area contributed by atoms with Crippen LogP contribution in [0.15, 0.2) is 23.1 Å². The van der Waals surface area contributed by atoms with Crippen LogP contribution in [-0.2, 0) is 10.0 Å². The van der Waals surface area contributed by atoms with Gasteiger partial charge in [-0.2, -0.15) is 0 Å². The Morgan fingerprint density at radius 2 is 2.05 bits per heavy atom. The number of sulfonamides is 1. The molecule has 0 spiro atoms. The van der Waals surface area contributed by atoms with Crippen molar-refractivity contribution in [2.75, 3.05) is 0 Å². The zero-order chi connectivity index (χ0) is 14.2. The van der Waals surface area contributed by atoms with Crippen molar-refractivity contribution in [3.05, 3.63) is 33.9 Å². The van der Waals surface area contributed by atoms with Crippen LogP contribution in [0.1, 0.15) is 18.4 Å². The Labute approximate surface area is 110 Å².